The van der Waals surface area contributed by atoms with Crippen LogP contribution in [0.25, 0.3) is 10.4 Å². The molecule has 0 aliphatic carbocycles. The van der Waals surface area contributed by atoms with Crippen molar-refractivity contribution >= 4 is 11.9 Å². The number of pyridine rings is 1. The van der Waals surface area contributed by atoms with E-state index in [0.29, 0.717) is 11.4 Å². The van der Waals surface area contributed by atoms with Gasteiger partial charge in [0.05, 0.1) is 17.9 Å². The lowest BCUT2D eigenvalue weighted by Gasteiger charge is -2.08. The molecule has 0 radical (unpaired) electrons. The van der Waals surface area contributed by atoms with Crippen LogP contribution < -0.4 is 0 Å². The van der Waals surface area contributed by atoms with Crippen LogP contribution in [0.2, 0.25) is 0 Å². The number of azide groups is 1. The maximum Gasteiger partial charge on any atom is 0.339 e. The maximum atomic E-state index is 11.6. The van der Waals surface area contributed by atoms with Gasteiger partial charge in [-0.2, -0.15) is 0 Å². The van der Waals surface area contributed by atoms with Crippen LogP contribution in [0.3, 0.4) is 0 Å². The predicted octanol–water partition coefficient (Wildman–Crippen LogP) is 2.33. The zero-order valence-corrected chi connectivity index (χ0v) is 10.3. The van der Waals surface area contributed by atoms with Gasteiger partial charge >= 0.3 is 5.97 Å². The average Bonchev–Trinajstić information content (AvgIpc) is 2.29. The molecule has 7 nitrogen and oxygen atoms in total. The summed E-state index contributed by atoms with van der Waals surface area (Å²) in [4.78, 5) is 29.6. The van der Waals surface area contributed by atoms with Crippen LogP contribution in [0.1, 0.15) is 39.0 Å². The highest BCUT2D eigenvalue weighted by Crippen LogP contribution is 2.15. The van der Waals surface area contributed by atoms with E-state index < -0.39 is 11.9 Å². The van der Waals surface area contributed by atoms with Gasteiger partial charge in [-0.25, -0.2) is 4.79 Å². The molecule has 0 atom stereocenters. The summed E-state index contributed by atoms with van der Waals surface area (Å²) in [6, 6.07) is 1.34. The summed E-state index contributed by atoms with van der Waals surface area (Å²) in [5, 5.41) is 2.98. The minimum absolute atomic E-state index is 0.0986. The minimum atomic E-state index is -0.770. The van der Waals surface area contributed by atoms with Gasteiger partial charge in [0.1, 0.15) is 0 Å². The lowest BCUT2D eigenvalue weighted by molar-refractivity contribution is 0.0525. The van der Waals surface area contributed by atoms with Crippen molar-refractivity contribution in [3.63, 3.8) is 0 Å². The number of hydrogen-bond donors (Lipinski definition) is 0. The fourth-order valence-electron chi connectivity index (χ4n) is 1.45. The lowest BCUT2D eigenvalue weighted by atomic mass is 10.1. The van der Waals surface area contributed by atoms with Crippen LogP contribution in [0.5, 0.6) is 0 Å². The molecule has 1 aromatic rings. The largest absolute Gasteiger partial charge is 0.462 e. The van der Waals surface area contributed by atoms with Crippen molar-refractivity contribution in [1.82, 2.24) is 4.98 Å². The second-order valence-corrected chi connectivity index (χ2v) is 3.47. The van der Waals surface area contributed by atoms with E-state index in [4.69, 9.17) is 10.3 Å². The number of carbonyl (C=O) groups is 2. The third-order valence-electron chi connectivity index (χ3n) is 2.26. The Kier molecular flexibility index (Phi) is 4.39. The fourth-order valence-corrected chi connectivity index (χ4v) is 1.45. The highest BCUT2D eigenvalue weighted by atomic mass is 16.5. The number of hydrogen-bond acceptors (Lipinski definition) is 4. The third kappa shape index (κ3) is 2.83. The highest BCUT2D eigenvalue weighted by molar-refractivity contribution is 5.99. The van der Waals surface area contributed by atoms with Crippen molar-refractivity contribution in [3.8, 4) is 0 Å². The quantitative estimate of drug-likeness (QED) is 0.354. The van der Waals surface area contributed by atoms with E-state index in [9.17, 15) is 9.59 Å². The van der Waals surface area contributed by atoms with Crippen LogP contribution in [0, 0.1) is 13.8 Å². The third-order valence-corrected chi connectivity index (χ3v) is 2.26. The molecule has 7 heteroatoms. The first-order valence-electron chi connectivity index (χ1n) is 5.26. The van der Waals surface area contributed by atoms with Gasteiger partial charge < -0.3 is 4.74 Å². The van der Waals surface area contributed by atoms with E-state index in [0.717, 1.165) is 0 Å². The normalized spacial score (nSPS) is 9.50. The zero-order chi connectivity index (χ0) is 13.7. The Hall–Kier alpha value is -2.40. The number of aromatic nitrogens is 1. The van der Waals surface area contributed by atoms with E-state index in [1.54, 1.807) is 20.8 Å². The first kappa shape index (κ1) is 13.7. The summed E-state index contributed by atoms with van der Waals surface area (Å²) < 4.78 is 4.85. The van der Waals surface area contributed by atoms with Gasteiger partial charge in [-0.1, -0.05) is 0 Å². The Bertz CT molecular complexity index is 547. The maximum absolute atomic E-state index is 11.6. The van der Waals surface area contributed by atoms with E-state index >= 15 is 0 Å². The van der Waals surface area contributed by atoms with Crippen LogP contribution in [-0.4, -0.2) is 23.5 Å². The Morgan fingerprint density at radius 3 is 2.56 bits per heavy atom. The molecule has 0 aliphatic rings. The van der Waals surface area contributed by atoms with Gasteiger partial charge in [0, 0.05) is 16.2 Å². The molecule has 0 saturated heterocycles. The molecule has 0 aromatic carbocycles. The van der Waals surface area contributed by atoms with E-state index in [1.807, 2.05) is 0 Å². The second-order valence-electron chi connectivity index (χ2n) is 3.47. The van der Waals surface area contributed by atoms with Crippen molar-refractivity contribution in [1.29, 1.82) is 0 Å². The van der Waals surface area contributed by atoms with Gasteiger partial charge in [0.15, 0.2) is 0 Å². The molecule has 0 spiro atoms. The van der Waals surface area contributed by atoms with Crippen LogP contribution in [0.4, 0.5) is 0 Å². The predicted molar refractivity (Wildman–Crippen MR) is 63.1 cm³/mol. The van der Waals surface area contributed by atoms with Crippen LogP contribution in [0.15, 0.2) is 11.2 Å². The van der Waals surface area contributed by atoms with Crippen molar-refractivity contribution < 1.29 is 14.3 Å². The molecule has 1 amide bonds. The summed E-state index contributed by atoms with van der Waals surface area (Å²) >= 11 is 0. The molecule has 1 heterocycles. The molecular weight excluding hydrogens is 236 g/mol. The fraction of sp³-hybridized carbons (Fsp3) is 0.364. The molecule has 0 bridgehead atoms. The number of amides is 1. The summed E-state index contributed by atoms with van der Waals surface area (Å²) in [5.41, 5.74) is 9.39. The van der Waals surface area contributed by atoms with E-state index in [-0.39, 0.29) is 17.7 Å². The number of aryl methyl sites for hydroxylation is 2. The number of esters is 1. The molecule has 0 N–H and O–H groups in total. The molecule has 0 aliphatic heterocycles. The monoisotopic (exact) mass is 248 g/mol. The topological polar surface area (TPSA) is 105 Å². The first-order valence-corrected chi connectivity index (χ1v) is 5.26. The summed E-state index contributed by atoms with van der Waals surface area (Å²) in [6.45, 7) is 5.15. The zero-order valence-electron chi connectivity index (χ0n) is 10.3. The van der Waals surface area contributed by atoms with Gasteiger partial charge in [0.25, 0.3) is 5.91 Å². The van der Waals surface area contributed by atoms with Crippen molar-refractivity contribution in [2.45, 2.75) is 20.8 Å². The van der Waals surface area contributed by atoms with Gasteiger partial charge in [-0.3, -0.25) is 9.78 Å². The lowest BCUT2D eigenvalue weighted by Crippen LogP contribution is -2.11. The smallest absolute Gasteiger partial charge is 0.339 e. The van der Waals surface area contributed by atoms with Gasteiger partial charge in [-0.05, 0) is 37.5 Å². The Labute approximate surface area is 103 Å². The van der Waals surface area contributed by atoms with Crippen molar-refractivity contribution in [3.05, 3.63) is 39.0 Å². The Balaban J connectivity index is 3.30. The highest BCUT2D eigenvalue weighted by Gasteiger charge is 2.17. The number of carbonyl (C=O) groups excluding carboxylic acids is 2. The van der Waals surface area contributed by atoms with Crippen LogP contribution >= 0.6 is 0 Å². The first-order chi connectivity index (χ1) is 8.51. The molecule has 94 valence electrons. The van der Waals surface area contributed by atoms with E-state index in [2.05, 4.69) is 15.0 Å². The summed E-state index contributed by atoms with van der Waals surface area (Å²) in [5.74, 6) is -1.33. The molecule has 1 rings (SSSR count). The van der Waals surface area contributed by atoms with Gasteiger partial charge in [-0.15, -0.1) is 0 Å². The molecule has 0 fully saturated rings. The Morgan fingerprint density at radius 1 is 1.39 bits per heavy atom. The number of rotatable bonds is 3. The van der Waals surface area contributed by atoms with Crippen LogP contribution in [-0.2, 0) is 4.74 Å². The summed E-state index contributed by atoms with van der Waals surface area (Å²) in [6.07, 6.45) is 0. The van der Waals surface area contributed by atoms with Crippen molar-refractivity contribution in [2.75, 3.05) is 6.61 Å². The summed E-state index contributed by atoms with van der Waals surface area (Å²) in [7, 11) is 0. The van der Waals surface area contributed by atoms with E-state index in [1.165, 1.54) is 6.07 Å². The molecule has 0 unspecified atom stereocenters. The average molecular weight is 248 g/mol. The van der Waals surface area contributed by atoms with Crippen molar-refractivity contribution in [2.24, 2.45) is 5.11 Å². The Morgan fingerprint density at radius 2 is 2.00 bits per heavy atom. The SMILES string of the molecule is CCOC(=O)c1cc(C(=O)N=[N+]=[N-])c(C)nc1C. The number of ether oxygens (including phenoxy) is 1. The van der Waals surface area contributed by atoms with Gasteiger partial charge in [0.2, 0.25) is 0 Å². The molecule has 1 aromatic heterocycles. The minimum Gasteiger partial charge on any atom is -0.462 e. The number of nitrogens with zero attached hydrogens (tertiary/aromatic N) is 4. The molecular formula is C11H12N4O3. The molecule has 0 saturated carbocycles. The molecule has 18 heavy (non-hydrogen) atoms. The second kappa shape index (κ2) is 5.79. The standard InChI is InChI=1S/C11H12N4O3/c1-4-18-11(17)9-5-8(10(16)14-15-12)6(2)13-7(9)3/h5H,4H2,1-3H3.